The first-order valence-electron chi connectivity index (χ1n) is 7.71. The number of hydrogen-bond donors (Lipinski definition) is 2. The van der Waals surface area contributed by atoms with E-state index in [2.05, 4.69) is 4.98 Å². The molecule has 0 bridgehead atoms. The largest absolute Gasteiger partial charge is 0.465 e. The number of unbranched alkanes of at least 4 members (excludes halogenated alkanes) is 1. The lowest BCUT2D eigenvalue weighted by molar-refractivity contribution is 0.0599. The van der Waals surface area contributed by atoms with Gasteiger partial charge in [0.1, 0.15) is 5.69 Å². The number of hydrogen-bond acceptors (Lipinski definition) is 4. The molecule has 1 aromatic rings. The van der Waals surface area contributed by atoms with E-state index in [1.54, 1.807) is 11.8 Å². The van der Waals surface area contributed by atoms with E-state index < -0.39 is 5.97 Å². The summed E-state index contributed by atoms with van der Waals surface area (Å²) in [5.41, 5.74) is 2.15. The Kier molecular flexibility index (Phi) is 7.11. The van der Waals surface area contributed by atoms with Crippen LogP contribution in [0, 0.1) is 6.92 Å². The van der Waals surface area contributed by atoms with Gasteiger partial charge in [-0.3, -0.25) is 4.79 Å². The Morgan fingerprint density at radius 2 is 1.95 bits per heavy atom. The summed E-state index contributed by atoms with van der Waals surface area (Å²) < 4.78 is 4.80. The highest BCUT2D eigenvalue weighted by Gasteiger charge is 2.26. The summed E-state index contributed by atoms with van der Waals surface area (Å²) >= 11 is 0. The van der Waals surface area contributed by atoms with Gasteiger partial charge in [0, 0.05) is 18.8 Å². The fraction of sp³-hybridized carbons (Fsp3) is 0.625. The highest BCUT2D eigenvalue weighted by Crippen LogP contribution is 2.21. The minimum Gasteiger partial charge on any atom is -0.465 e. The zero-order chi connectivity index (χ0) is 16.7. The first kappa shape index (κ1) is 18.2. The number of rotatable bonds is 8. The van der Waals surface area contributed by atoms with Crippen molar-refractivity contribution >= 4 is 11.9 Å². The molecule has 0 atom stereocenters. The Labute approximate surface area is 131 Å². The lowest BCUT2D eigenvalue weighted by Crippen LogP contribution is -2.35. The Balaban J connectivity index is 3.15. The van der Waals surface area contributed by atoms with Crippen molar-refractivity contribution in [2.75, 3.05) is 26.8 Å². The number of ether oxygens (including phenoxy) is 1. The Bertz CT molecular complexity index is 522. The number of carbonyl (C=O) groups is 2. The van der Waals surface area contributed by atoms with Crippen LogP contribution in [-0.4, -0.2) is 53.7 Å². The number of H-pyrrole nitrogens is 1. The van der Waals surface area contributed by atoms with Gasteiger partial charge in [-0.1, -0.05) is 20.3 Å². The number of esters is 1. The van der Waals surface area contributed by atoms with Crippen LogP contribution >= 0.6 is 0 Å². The summed E-state index contributed by atoms with van der Waals surface area (Å²) in [6.45, 7) is 6.49. The van der Waals surface area contributed by atoms with Gasteiger partial charge in [0.15, 0.2) is 0 Å². The van der Waals surface area contributed by atoms with Gasteiger partial charge in [0.25, 0.3) is 5.91 Å². The van der Waals surface area contributed by atoms with Gasteiger partial charge in [-0.05, 0) is 25.3 Å². The number of aromatic nitrogens is 1. The van der Waals surface area contributed by atoms with Crippen LogP contribution in [0.25, 0.3) is 0 Å². The van der Waals surface area contributed by atoms with Crippen LogP contribution in [0.1, 0.15) is 58.8 Å². The molecule has 22 heavy (non-hydrogen) atoms. The topological polar surface area (TPSA) is 82.6 Å². The van der Waals surface area contributed by atoms with Crippen LogP contribution in [0.5, 0.6) is 0 Å². The van der Waals surface area contributed by atoms with Crippen molar-refractivity contribution in [1.29, 1.82) is 0 Å². The number of aliphatic hydroxyl groups excluding tert-OH is 1. The van der Waals surface area contributed by atoms with E-state index in [9.17, 15) is 9.59 Å². The number of aromatic amines is 1. The molecule has 1 rings (SSSR count). The minimum absolute atomic E-state index is 0.0836. The molecule has 0 spiro atoms. The molecule has 6 heteroatoms. The van der Waals surface area contributed by atoms with E-state index in [0.717, 1.165) is 12.8 Å². The van der Waals surface area contributed by atoms with Gasteiger partial charge in [-0.15, -0.1) is 0 Å². The molecular weight excluding hydrogens is 284 g/mol. The van der Waals surface area contributed by atoms with Crippen molar-refractivity contribution < 1.29 is 19.4 Å². The fourth-order valence-corrected chi connectivity index (χ4v) is 2.46. The van der Waals surface area contributed by atoms with Gasteiger partial charge in [0.05, 0.1) is 19.3 Å². The molecule has 1 heterocycles. The maximum atomic E-state index is 12.7. The third-order valence-corrected chi connectivity index (χ3v) is 3.72. The second kappa shape index (κ2) is 8.58. The van der Waals surface area contributed by atoms with Crippen molar-refractivity contribution in [2.24, 2.45) is 0 Å². The highest BCUT2D eigenvalue weighted by molar-refractivity contribution is 6.00. The van der Waals surface area contributed by atoms with E-state index in [4.69, 9.17) is 9.84 Å². The molecule has 124 valence electrons. The molecule has 1 amide bonds. The quantitative estimate of drug-likeness (QED) is 0.719. The van der Waals surface area contributed by atoms with Crippen LogP contribution < -0.4 is 0 Å². The molecule has 0 aliphatic heterocycles. The van der Waals surface area contributed by atoms with Gasteiger partial charge >= 0.3 is 5.97 Å². The lowest BCUT2D eigenvalue weighted by atomic mass is 10.1. The van der Waals surface area contributed by atoms with Gasteiger partial charge < -0.3 is 19.7 Å². The monoisotopic (exact) mass is 310 g/mol. The first-order valence-corrected chi connectivity index (χ1v) is 7.71. The van der Waals surface area contributed by atoms with Crippen LogP contribution in [0.4, 0.5) is 0 Å². The standard InChI is InChI=1S/C16H26N2O4/c1-5-7-8-18(9-10-19)15(20)14-11(3)13(16(21)22-4)12(6-2)17-14/h17,19H,5-10H2,1-4H3. The maximum absolute atomic E-state index is 12.7. The van der Waals surface area contributed by atoms with Gasteiger partial charge in [0.2, 0.25) is 0 Å². The normalized spacial score (nSPS) is 10.6. The molecule has 0 radical (unpaired) electrons. The second-order valence-corrected chi connectivity index (χ2v) is 5.19. The lowest BCUT2D eigenvalue weighted by Gasteiger charge is -2.21. The molecule has 0 aliphatic carbocycles. The van der Waals surface area contributed by atoms with Crippen LogP contribution in [-0.2, 0) is 11.2 Å². The summed E-state index contributed by atoms with van der Waals surface area (Å²) in [6.07, 6.45) is 2.44. The van der Waals surface area contributed by atoms with E-state index in [1.807, 2.05) is 13.8 Å². The number of carbonyl (C=O) groups excluding carboxylic acids is 2. The predicted octanol–water partition coefficient (Wildman–Crippen LogP) is 1.91. The molecule has 0 aliphatic rings. The summed E-state index contributed by atoms with van der Waals surface area (Å²) in [6, 6.07) is 0. The van der Waals surface area contributed by atoms with Crippen molar-refractivity contribution in [1.82, 2.24) is 9.88 Å². The molecule has 0 unspecified atom stereocenters. The minimum atomic E-state index is -0.438. The summed E-state index contributed by atoms with van der Waals surface area (Å²) in [4.78, 5) is 29.3. The van der Waals surface area contributed by atoms with E-state index >= 15 is 0 Å². The van der Waals surface area contributed by atoms with Crippen molar-refractivity contribution in [3.63, 3.8) is 0 Å². The van der Waals surface area contributed by atoms with E-state index in [1.165, 1.54) is 7.11 Å². The van der Waals surface area contributed by atoms with Crippen molar-refractivity contribution in [3.8, 4) is 0 Å². The van der Waals surface area contributed by atoms with Gasteiger partial charge in [-0.25, -0.2) is 4.79 Å². The average molecular weight is 310 g/mol. The molecular formula is C16H26N2O4. The van der Waals surface area contributed by atoms with Crippen molar-refractivity contribution in [3.05, 3.63) is 22.5 Å². The molecule has 0 saturated heterocycles. The zero-order valence-corrected chi connectivity index (χ0v) is 13.9. The molecule has 0 aromatic carbocycles. The zero-order valence-electron chi connectivity index (χ0n) is 13.9. The van der Waals surface area contributed by atoms with E-state index in [-0.39, 0.29) is 19.1 Å². The average Bonchev–Trinajstić information content (AvgIpc) is 2.86. The molecule has 2 N–H and O–H groups in total. The first-order chi connectivity index (χ1) is 10.5. The summed E-state index contributed by atoms with van der Waals surface area (Å²) in [5, 5.41) is 9.16. The van der Waals surface area contributed by atoms with Crippen LogP contribution in [0.15, 0.2) is 0 Å². The number of nitrogens with zero attached hydrogens (tertiary/aromatic N) is 1. The molecule has 1 aromatic heterocycles. The third-order valence-electron chi connectivity index (χ3n) is 3.72. The number of aryl methyl sites for hydroxylation is 1. The fourth-order valence-electron chi connectivity index (χ4n) is 2.46. The van der Waals surface area contributed by atoms with Crippen LogP contribution in [0.3, 0.4) is 0 Å². The number of aliphatic hydroxyl groups is 1. The number of amides is 1. The summed E-state index contributed by atoms with van der Waals surface area (Å²) in [7, 11) is 1.33. The van der Waals surface area contributed by atoms with Crippen LogP contribution in [0.2, 0.25) is 0 Å². The molecule has 0 saturated carbocycles. The number of methoxy groups -OCH3 is 1. The Morgan fingerprint density at radius 1 is 1.27 bits per heavy atom. The molecule has 0 fully saturated rings. The number of nitrogens with one attached hydrogen (secondary N) is 1. The highest BCUT2D eigenvalue weighted by atomic mass is 16.5. The molecule has 6 nitrogen and oxygen atoms in total. The SMILES string of the molecule is CCCCN(CCO)C(=O)c1[nH]c(CC)c(C(=O)OC)c1C. The Hall–Kier alpha value is -1.82. The predicted molar refractivity (Wildman–Crippen MR) is 84.1 cm³/mol. The van der Waals surface area contributed by atoms with Crippen molar-refractivity contribution in [2.45, 2.75) is 40.0 Å². The van der Waals surface area contributed by atoms with E-state index in [0.29, 0.717) is 35.5 Å². The Morgan fingerprint density at radius 3 is 2.45 bits per heavy atom. The van der Waals surface area contributed by atoms with Gasteiger partial charge in [-0.2, -0.15) is 0 Å². The smallest absolute Gasteiger partial charge is 0.339 e. The second-order valence-electron chi connectivity index (χ2n) is 5.19. The third kappa shape index (κ3) is 3.88. The summed E-state index contributed by atoms with van der Waals surface area (Å²) in [5.74, 6) is -0.628. The maximum Gasteiger partial charge on any atom is 0.339 e.